The lowest BCUT2D eigenvalue weighted by Crippen LogP contribution is -2.15. The van der Waals surface area contributed by atoms with Crippen molar-refractivity contribution in [3.05, 3.63) is 32.2 Å². The second-order valence-corrected chi connectivity index (χ2v) is 4.95. The van der Waals surface area contributed by atoms with Gasteiger partial charge in [-0.1, -0.05) is 6.58 Å². The molecule has 0 radical (unpaired) electrons. The number of halogens is 1. The Morgan fingerprint density at radius 1 is 1.62 bits per heavy atom. The molecule has 0 aliphatic rings. The quantitative estimate of drug-likeness (QED) is 0.629. The van der Waals surface area contributed by atoms with Crippen LogP contribution in [0.3, 0.4) is 0 Å². The van der Waals surface area contributed by atoms with Gasteiger partial charge < -0.3 is 4.98 Å². The summed E-state index contributed by atoms with van der Waals surface area (Å²) in [5.74, 6) is 0. The van der Waals surface area contributed by atoms with Crippen molar-refractivity contribution in [3.63, 3.8) is 0 Å². The predicted molar refractivity (Wildman–Crippen MR) is 55.0 cm³/mol. The molecule has 0 unspecified atom stereocenters. The molecule has 70 valence electrons. The van der Waals surface area contributed by atoms with Gasteiger partial charge >= 0.3 is 0 Å². The first-order valence-corrected chi connectivity index (χ1v) is 5.72. The Balaban J connectivity index is 3.58. The Bertz CT molecular complexity index is 491. The molecule has 0 aliphatic heterocycles. The lowest BCUT2D eigenvalue weighted by Gasteiger charge is -1.98. The second-order valence-electron chi connectivity index (χ2n) is 2.06. The Morgan fingerprint density at radius 3 is 2.77 bits per heavy atom. The third kappa shape index (κ3) is 1.97. The van der Waals surface area contributed by atoms with Crippen molar-refractivity contribution in [1.82, 2.24) is 9.97 Å². The van der Waals surface area contributed by atoms with Crippen LogP contribution in [0.5, 0.6) is 0 Å². The van der Waals surface area contributed by atoms with Crippen molar-refractivity contribution >= 4 is 32.4 Å². The number of hydrogen-bond acceptors (Lipinski definition) is 4. The minimum atomic E-state index is -3.63. The Morgan fingerprint density at radius 2 is 2.23 bits per heavy atom. The highest BCUT2D eigenvalue weighted by Crippen LogP contribution is 2.12. The molecule has 0 amide bonds. The first-order chi connectivity index (χ1) is 5.99. The van der Waals surface area contributed by atoms with Crippen molar-refractivity contribution in [2.45, 2.75) is 5.03 Å². The third-order valence-electron chi connectivity index (χ3n) is 1.25. The maximum Gasteiger partial charge on any atom is 0.265 e. The normalized spacial score (nSPS) is 11.2. The Hall–Kier alpha value is -0.700. The van der Waals surface area contributed by atoms with E-state index in [0.29, 0.717) is 0 Å². The second kappa shape index (κ2) is 3.58. The molecule has 7 heteroatoms. The number of hydrogen-bond donors (Lipinski definition) is 1. The molecule has 0 aliphatic carbocycles. The zero-order valence-corrected chi connectivity index (χ0v) is 9.29. The molecule has 0 saturated heterocycles. The Labute approximate surface area is 88.0 Å². The third-order valence-corrected chi connectivity index (χ3v) is 3.91. The van der Waals surface area contributed by atoms with Gasteiger partial charge in [-0.2, -0.15) is 0 Å². The van der Waals surface area contributed by atoms with Crippen LogP contribution in [-0.2, 0) is 9.84 Å². The predicted octanol–water partition coefficient (Wildman–Crippen LogP) is 0.292. The van der Waals surface area contributed by atoms with Crippen LogP contribution < -0.4 is 5.56 Å². The minimum Gasteiger partial charge on any atom is -0.312 e. The van der Waals surface area contributed by atoms with Crippen LogP contribution in [0.25, 0.3) is 0 Å². The van der Waals surface area contributed by atoms with Crippen LogP contribution >= 0.6 is 22.6 Å². The molecule has 1 aromatic rings. The Kier molecular flexibility index (Phi) is 2.86. The summed E-state index contributed by atoms with van der Waals surface area (Å²) in [6.07, 6.45) is 1.04. The number of aromatic nitrogens is 2. The number of nitrogens with zero attached hydrogens (tertiary/aromatic N) is 1. The topological polar surface area (TPSA) is 79.9 Å². The van der Waals surface area contributed by atoms with E-state index >= 15 is 0 Å². The van der Waals surface area contributed by atoms with Crippen LogP contribution in [0.1, 0.15) is 0 Å². The van der Waals surface area contributed by atoms with Crippen molar-refractivity contribution in [1.29, 1.82) is 0 Å². The smallest absolute Gasteiger partial charge is 0.265 e. The molecule has 5 nitrogen and oxygen atoms in total. The van der Waals surface area contributed by atoms with Gasteiger partial charge in [0.2, 0.25) is 9.84 Å². The molecule has 0 bridgehead atoms. The average Bonchev–Trinajstić information content (AvgIpc) is 2.09. The van der Waals surface area contributed by atoms with Gasteiger partial charge in [0.15, 0.2) is 5.03 Å². The fraction of sp³-hybridized carbons (Fsp3) is 0. The fourth-order valence-electron chi connectivity index (χ4n) is 0.644. The number of nitrogens with one attached hydrogen (secondary N) is 1. The molecule has 0 spiro atoms. The lowest BCUT2D eigenvalue weighted by molar-refractivity contribution is 0.599. The van der Waals surface area contributed by atoms with Gasteiger partial charge in [0.05, 0.1) is 6.33 Å². The lowest BCUT2D eigenvalue weighted by atomic mass is 10.7. The van der Waals surface area contributed by atoms with Crippen LogP contribution in [-0.4, -0.2) is 18.4 Å². The van der Waals surface area contributed by atoms with Crippen LogP contribution in [0.15, 0.2) is 28.1 Å². The van der Waals surface area contributed by atoms with Crippen molar-refractivity contribution < 1.29 is 8.42 Å². The van der Waals surface area contributed by atoms with E-state index in [1.54, 1.807) is 22.6 Å². The standard InChI is InChI=1S/C6H5IN2O3S/c1-2-13(11,12)6-4(7)5(10)8-3-9-6/h2-3H,1H2,(H,8,9,10). The van der Waals surface area contributed by atoms with Crippen LogP contribution in [0.4, 0.5) is 0 Å². The van der Waals surface area contributed by atoms with Gasteiger partial charge in [-0.3, -0.25) is 4.79 Å². The summed E-state index contributed by atoms with van der Waals surface area (Å²) in [4.78, 5) is 16.8. The number of sulfone groups is 1. The molecular weight excluding hydrogens is 307 g/mol. The van der Waals surface area contributed by atoms with Crippen molar-refractivity contribution in [3.8, 4) is 0 Å². The zero-order valence-electron chi connectivity index (χ0n) is 6.32. The molecule has 0 atom stereocenters. The average molecular weight is 312 g/mol. The highest BCUT2D eigenvalue weighted by atomic mass is 127. The van der Waals surface area contributed by atoms with E-state index in [9.17, 15) is 13.2 Å². The summed E-state index contributed by atoms with van der Waals surface area (Å²) >= 11 is 1.62. The summed E-state index contributed by atoms with van der Waals surface area (Å²) in [5.41, 5.74) is -0.476. The molecule has 0 saturated carbocycles. The van der Waals surface area contributed by atoms with Gasteiger partial charge in [-0.15, -0.1) is 0 Å². The van der Waals surface area contributed by atoms with Gasteiger partial charge in [0.25, 0.3) is 5.56 Å². The van der Waals surface area contributed by atoms with Crippen molar-refractivity contribution in [2.75, 3.05) is 0 Å². The molecule has 1 aromatic heterocycles. The number of H-pyrrole nitrogens is 1. The largest absolute Gasteiger partial charge is 0.312 e. The molecule has 1 N–H and O–H groups in total. The van der Waals surface area contributed by atoms with Gasteiger partial charge in [-0.05, 0) is 22.6 Å². The summed E-state index contributed by atoms with van der Waals surface area (Å²) in [7, 11) is -3.63. The van der Waals surface area contributed by atoms with Gasteiger partial charge in [-0.25, -0.2) is 13.4 Å². The monoisotopic (exact) mass is 312 g/mol. The van der Waals surface area contributed by atoms with E-state index < -0.39 is 15.4 Å². The first-order valence-electron chi connectivity index (χ1n) is 3.09. The molecular formula is C6H5IN2O3S. The summed E-state index contributed by atoms with van der Waals surface area (Å²) in [6, 6.07) is 0. The zero-order chi connectivity index (χ0) is 10.1. The maximum absolute atomic E-state index is 11.2. The number of rotatable bonds is 2. The fourth-order valence-corrected chi connectivity index (χ4v) is 2.56. The molecule has 0 aromatic carbocycles. The van der Waals surface area contributed by atoms with Gasteiger partial charge in [0, 0.05) is 5.41 Å². The van der Waals surface area contributed by atoms with Crippen LogP contribution in [0, 0.1) is 3.57 Å². The first kappa shape index (κ1) is 10.4. The van der Waals surface area contributed by atoms with E-state index in [-0.39, 0.29) is 8.60 Å². The maximum atomic E-state index is 11.2. The SMILES string of the molecule is C=CS(=O)(=O)c1nc[nH]c(=O)c1I. The van der Waals surface area contributed by atoms with E-state index in [2.05, 4.69) is 16.5 Å². The number of aromatic amines is 1. The summed E-state index contributed by atoms with van der Waals surface area (Å²) in [6.45, 7) is 3.14. The molecule has 0 fully saturated rings. The van der Waals surface area contributed by atoms with E-state index in [1.165, 1.54) is 0 Å². The van der Waals surface area contributed by atoms with E-state index in [4.69, 9.17) is 0 Å². The molecule has 13 heavy (non-hydrogen) atoms. The summed E-state index contributed by atoms with van der Waals surface area (Å²) in [5, 5.41) is 0.503. The molecule has 1 rings (SSSR count). The van der Waals surface area contributed by atoms with E-state index in [1.807, 2.05) is 0 Å². The highest BCUT2D eigenvalue weighted by molar-refractivity contribution is 14.1. The minimum absolute atomic E-state index is 0.0417. The van der Waals surface area contributed by atoms with Gasteiger partial charge in [0.1, 0.15) is 3.57 Å². The highest BCUT2D eigenvalue weighted by Gasteiger charge is 2.17. The van der Waals surface area contributed by atoms with Crippen LogP contribution in [0.2, 0.25) is 0 Å². The summed E-state index contributed by atoms with van der Waals surface area (Å²) < 4.78 is 22.5. The van der Waals surface area contributed by atoms with Crippen molar-refractivity contribution in [2.24, 2.45) is 0 Å². The van der Waals surface area contributed by atoms with E-state index in [0.717, 1.165) is 11.7 Å². The molecule has 1 heterocycles.